The van der Waals surface area contributed by atoms with Crippen LogP contribution < -0.4 is 0 Å². The number of nitrogens with zero attached hydrogens (tertiary/aromatic N) is 3. The fourth-order valence-electron chi connectivity index (χ4n) is 0.534. The van der Waals surface area contributed by atoms with Gasteiger partial charge in [0.25, 0.3) is 0 Å². The molecule has 0 saturated carbocycles. The molecule has 1 aromatic rings. The second-order valence-electron chi connectivity index (χ2n) is 1.69. The predicted molar refractivity (Wildman–Crippen MR) is 43.2 cm³/mol. The molecule has 0 fully saturated rings. The summed E-state index contributed by atoms with van der Waals surface area (Å²) in [6, 6.07) is 0. The standard InChI is InChI=1S/C5H9N3O.C2H6/c1-9-3-2-8-4-6-7-5-8;1-2/h4-5H,2-3H2,1H3;1-2H3. The summed E-state index contributed by atoms with van der Waals surface area (Å²) in [5, 5.41) is 7.26. The van der Waals surface area contributed by atoms with E-state index in [2.05, 4.69) is 10.2 Å². The molecule has 0 spiro atoms. The van der Waals surface area contributed by atoms with Gasteiger partial charge in [-0.2, -0.15) is 0 Å². The first-order chi connectivity index (χ1) is 5.43. The smallest absolute Gasteiger partial charge is 0.119 e. The van der Waals surface area contributed by atoms with Crippen molar-refractivity contribution >= 4 is 0 Å². The molecule has 0 unspecified atom stereocenters. The van der Waals surface area contributed by atoms with E-state index in [1.54, 1.807) is 19.8 Å². The van der Waals surface area contributed by atoms with Crippen LogP contribution >= 0.6 is 0 Å². The Kier molecular flexibility index (Phi) is 6.62. The van der Waals surface area contributed by atoms with Gasteiger partial charge in [0.05, 0.1) is 6.61 Å². The highest BCUT2D eigenvalue weighted by Gasteiger charge is 1.86. The van der Waals surface area contributed by atoms with E-state index in [4.69, 9.17) is 4.74 Å². The molecule has 64 valence electrons. The van der Waals surface area contributed by atoms with E-state index in [0.717, 1.165) is 6.54 Å². The van der Waals surface area contributed by atoms with E-state index in [1.165, 1.54) is 0 Å². The highest BCUT2D eigenvalue weighted by atomic mass is 16.5. The van der Waals surface area contributed by atoms with Crippen LogP contribution in [0.1, 0.15) is 13.8 Å². The van der Waals surface area contributed by atoms with Gasteiger partial charge in [-0.1, -0.05) is 13.8 Å². The first-order valence-electron chi connectivity index (χ1n) is 3.75. The molecule has 0 atom stereocenters. The summed E-state index contributed by atoms with van der Waals surface area (Å²) in [4.78, 5) is 0. The Morgan fingerprint density at radius 1 is 1.27 bits per heavy atom. The van der Waals surface area contributed by atoms with Crippen LogP contribution in [0.15, 0.2) is 12.7 Å². The number of aromatic nitrogens is 3. The summed E-state index contributed by atoms with van der Waals surface area (Å²) in [5.74, 6) is 0. The van der Waals surface area contributed by atoms with E-state index >= 15 is 0 Å². The first kappa shape index (κ1) is 10.1. The minimum atomic E-state index is 0.706. The predicted octanol–water partition coefficient (Wildman–Crippen LogP) is 0.951. The highest BCUT2D eigenvalue weighted by Crippen LogP contribution is 1.80. The summed E-state index contributed by atoms with van der Waals surface area (Å²) in [7, 11) is 1.67. The lowest BCUT2D eigenvalue weighted by molar-refractivity contribution is 0.187. The van der Waals surface area contributed by atoms with Gasteiger partial charge in [0.15, 0.2) is 0 Å². The fraction of sp³-hybridized carbons (Fsp3) is 0.714. The minimum Gasteiger partial charge on any atom is -0.383 e. The lowest BCUT2D eigenvalue weighted by Crippen LogP contribution is -2.00. The molecule has 0 aliphatic carbocycles. The van der Waals surface area contributed by atoms with Crippen molar-refractivity contribution in [3.63, 3.8) is 0 Å². The molecule has 11 heavy (non-hydrogen) atoms. The number of hydrogen-bond donors (Lipinski definition) is 0. The second kappa shape index (κ2) is 7.21. The largest absolute Gasteiger partial charge is 0.383 e. The summed E-state index contributed by atoms with van der Waals surface area (Å²) >= 11 is 0. The van der Waals surface area contributed by atoms with Crippen molar-refractivity contribution < 1.29 is 4.74 Å². The van der Waals surface area contributed by atoms with Crippen LogP contribution in [0.4, 0.5) is 0 Å². The Morgan fingerprint density at radius 3 is 2.27 bits per heavy atom. The number of ether oxygens (including phenoxy) is 1. The first-order valence-corrected chi connectivity index (χ1v) is 3.75. The molecule has 1 aromatic heterocycles. The third-order valence-corrected chi connectivity index (χ3v) is 1.02. The van der Waals surface area contributed by atoms with E-state index in [0.29, 0.717) is 6.61 Å². The Bertz CT molecular complexity index is 151. The van der Waals surface area contributed by atoms with Gasteiger partial charge in [-0.3, -0.25) is 0 Å². The van der Waals surface area contributed by atoms with Gasteiger partial charge < -0.3 is 9.30 Å². The van der Waals surface area contributed by atoms with E-state index < -0.39 is 0 Å². The lowest BCUT2D eigenvalue weighted by atomic mass is 10.7. The molecule has 0 aliphatic rings. The number of hydrogen-bond acceptors (Lipinski definition) is 3. The topological polar surface area (TPSA) is 39.9 Å². The maximum Gasteiger partial charge on any atom is 0.119 e. The summed E-state index contributed by atoms with van der Waals surface area (Å²) in [6.45, 7) is 5.53. The van der Waals surface area contributed by atoms with E-state index in [-0.39, 0.29) is 0 Å². The van der Waals surface area contributed by atoms with Gasteiger partial charge in [0, 0.05) is 13.7 Å². The normalized spacial score (nSPS) is 8.64. The molecule has 1 heterocycles. The van der Waals surface area contributed by atoms with Crippen molar-refractivity contribution in [1.29, 1.82) is 0 Å². The second-order valence-corrected chi connectivity index (χ2v) is 1.69. The van der Waals surface area contributed by atoms with Crippen molar-refractivity contribution in [2.75, 3.05) is 13.7 Å². The molecule has 0 amide bonds. The average Bonchev–Trinajstić information content (AvgIpc) is 2.57. The Hall–Kier alpha value is -0.900. The maximum atomic E-state index is 4.84. The SMILES string of the molecule is CC.COCCn1cnnc1. The van der Waals surface area contributed by atoms with Crippen LogP contribution in [-0.2, 0) is 11.3 Å². The molecule has 0 N–H and O–H groups in total. The van der Waals surface area contributed by atoms with E-state index in [1.807, 2.05) is 18.4 Å². The third kappa shape index (κ3) is 4.50. The van der Waals surface area contributed by atoms with Crippen LogP contribution in [0.25, 0.3) is 0 Å². The number of methoxy groups -OCH3 is 1. The van der Waals surface area contributed by atoms with Gasteiger partial charge in [-0.05, 0) is 0 Å². The molecule has 0 aliphatic heterocycles. The van der Waals surface area contributed by atoms with Crippen LogP contribution in [0.5, 0.6) is 0 Å². The Balaban J connectivity index is 0.000000461. The fourth-order valence-corrected chi connectivity index (χ4v) is 0.534. The molecule has 1 rings (SSSR count). The minimum absolute atomic E-state index is 0.706. The van der Waals surface area contributed by atoms with Gasteiger partial charge in [0.1, 0.15) is 12.7 Å². The van der Waals surface area contributed by atoms with Crippen LogP contribution in [0, 0.1) is 0 Å². The number of rotatable bonds is 3. The van der Waals surface area contributed by atoms with Crippen molar-refractivity contribution in [1.82, 2.24) is 14.8 Å². The van der Waals surface area contributed by atoms with Crippen LogP contribution in [0.2, 0.25) is 0 Å². The van der Waals surface area contributed by atoms with Gasteiger partial charge in [-0.15, -0.1) is 10.2 Å². The average molecular weight is 157 g/mol. The van der Waals surface area contributed by atoms with E-state index in [9.17, 15) is 0 Å². The highest BCUT2D eigenvalue weighted by molar-refractivity contribution is 4.58. The zero-order valence-corrected chi connectivity index (χ0v) is 7.32. The zero-order chi connectivity index (χ0) is 8.53. The van der Waals surface area contributed by atoms with Crippen molar-refractivity contribution in [2.45, 2.75) is 20.4 Å². The van der Waals surface area contributed by atoms with Crippen LogP contribution in [-0.4, -0.2) is 28.5 Å². The molecule has 0 saturated heterocycles. The lowest BCUT2D eigenvalue weighted by Gasteiger charge is -1.96. The molecule has 0 radical (unpaired) electrons. The Morgan fingerprint density at radius 2 is 1.82 bits per heavy atom. The molecule has 4 nitrogen and oxygen atoms in total. The van der Waals surface area contributed by atoms with Gasteiger partial charge in [0.2, 0.25) is 0 Å². The quantitative estimate of drug-likeness (QED) is 0.655. The van der Waals surface area contributed by atoms with Gasteiger partial charge in [-0.25, -0.2) is 0 Å². The molecule has 0 bridgehead atoms. The maximum absolute atomic E-state index is 4.84. The van der Waals surface area contributed by atoms with Crippen molar-refractivity contribution in [3.8, 4) is 0 Å². The monoisotopic (exact) mass is 157 g/mol. The molecular weight excluding hydrogens is 142 g/mol. The molecule has 0 aromatic carbocycles. The summed E-state index contributed by atoms with van der Waals surface area (Å²) in [5.41, 5.74) is 0. The third-order valence-electron chi connectivity index (χ3n) is 1.02. The Labute approximate surface area is 67.2 Å². The van der Waals surface area contributed by atoms with Gasteiger partial charge >= 0.3 is 0 Å². The van der Waals surface area contributed by atoms with Crippen molar-refractivity contribution in [2.24, 2.45) is 0 Å². The summed E-state index contributed by atoms with van der Waals surface area (Å²) < 4.78 is 6.70. The molecule has 4 heteroatoms. The molecular formula is C7H15N3O. The van der Waals surface area contributed by atoms with Crippen LogP contribution in [0.3, 0.4) is 0 Å². The van der Waals surface area contributed by atoms with Crippen molar-refractivity contribution in [3.05, 3.63) is 12.7 Å². The summed E-state index contributed by atoms with van der Waals surface area (Å²) in [6.07, 6.45) is 3.33. The zero-order valence-electron chi connectivity index (χ0n) is 7.32.